The first-order chi connectivity index (χ1) is 11.8. The summed E-state index contributed by atoms with van der Waals surface area (Å²) in [6, 6.07) is 9.85. The Balaban J connectivity index is 1.63. The fraction of sp³-hybridized carbons (Fsp3) is 0.579. The van der Waals surface area contributed by atoms with E-state index in [1.165, 1.54) is 0 Å². The number of alkyl carbamates (subject to hydrolysis) is 1. The quantitative estimate of drug-likeness (QED) is 0.773. The first-order valence-electron chi connectivity index (χ1n) is 8.74. The minimum atomic E-state index is -0.471. The zero-order chi connectivity index (χ0) is 18.3. The van der Waals surface area contributed by atoms with E-state index >= 15 is 0 Å². The molecule has 25 heavy (non-hydrogen) atoms. The van der Waals surface area contributed by atoms with Crippen molar-refractivity contribution in [1.29, 1.82) is 0 Å². The van der Waals surface area contributed by atoms with E-state index in [4.69, 9.17) is 9.47 Å². The van der Waals surface area contributed by atoms with Crippen LogP contribution in [0.4, 0.5) is 4.79 Å². The van der Waals surface area contributed by atoms with Gasteiger partial charge in [-0.25, -0.2) is 4.79 Å². The van der Waals surface area contributed by atoms with E-state index in [-0.39, 0.29) is 31.2 Å². The summed E-state index contributed by atoms with van der Waals surface area (Å²) in [6.07, 6.45) is 2.16. The molecular weight excluding hydrogens is 320 g/mol. The molecule has 0 aromatic heterocycles. The van der Waals surface area contributed by atoms with Crippen LogP contribution in [0.15, 0.2) is 30.3 Å². The number of carbonyl (C=O) groups excluding carboxylic acids is 2. The molecule has 6 nitrogen and oxygen atoms in total. The number of benzene rings is 1. The number of ether oxygens (including phenoxy) is 2. The molecule has 0 heterocycles. The second-order valence-corrected chi connectivity index (χ2v) is 7.38. The Labute approximate surface area is 149 Å². The first kappa shape index (κ1) is 19.2. The van der Waals surface area contributed by atoms with Crippen molar-refractivity contribution in [2.24, 2.45) is 0 Å². The minimum Gasteiger partial charge on any atom is -0.459 e. The van der Waals surface area contributed by atoms with Crippen molar-refractivity contribution in [2.45, 2.75) is 64.3 Å². The summed E-state index contributed by atoms with van der Waals surface area (Å²) in [5.74, 6) is -0.258. The Morgan fingerprint density at radius 2 is 1.80 bits per heavy atom. The third-order valence-electron chi connectivity index (χ3n) is 3.92. The van der Waals surface area contributed by atoms with E-state index in [0.29, 0.717) is 0 Å². The number of hydrogen-bond donors (Lipinski definition) is 2. The number of carbonyl (C=O) groups is 2. The first-order valence-corrected chi connectivity index (χ1v) is 8.74. The van der Waals surface area contributed by atoms with Crippen LogP contribution in [0.5, 0.6) is 0 Å². The molecule has 1 saturated carbocycles. The van der Waals surface area contributed by atoms with Crippen LogP contribution in [0.2, 0.25) is 0 Å². The topological polar surface area (TPSA) is 76.7 Å². The molecule has 0 spiro atoms. The third-order valence-corrected chi connectivity index (χ3v) is 3.92. The molecule has 0 saturated heterocycles. The fourth-order valence-electron chi connectivity index (χ4n) is 2.83. The normalized spacial score (nSPS) is 20.1. The average Bonchev–Trinajstić information content (AvgIpc) is 2.98. The zero-order valence-electron chi connectivity index (χ0n) is 15.2. The summed E-state index contributed by atoms with van der Waals surface area (Å²) in [4.78, 5) is 23.6. The molecule has 1 aromatic rings. The van der Waals surface area contributed by atoms with Crippen LogP contribution >= 0.6 is 0 Å². The molecule has 0 radical (unpaired) electrons. The summed E-state index contributed by atoms with van der Waals surface area (Å²) in [5, 5.41) is 6.09. The van der Waals surface area contributed by atoms with E-state index in [0.717, 1.165) is 24.8 Å². The van der Waals surface area contributed by atoms with Crippen molar-refractivity contribution in [2.75, 3.05) is 6.54 Å². The molecule has 1 aromatic carbocycles. The van der Waals surface area contributed by atoms with Crippen LogP contribution in [0.1, 0.15) is 45.6 Å². The molecule has 1 aliphatic rings. The lowest BCUT2D eigenvalue weighted by Gasteiger charge is -2.20. The maximum absolute atomic E-state index is 11.9. The summed E-state index contributed by atoms with van der Waals surface area (Å²) in [6.45, 7) is 6.00. The van der Waals surface area contributed by atoms with Gasteiger partial charge in [-0.1, -0.05) is 30.3 Å². The van der Waals surface area contributed by atoms with Crippen molar-refractivity contribution < 1.29 is 19.1 Å². The lowest BCUT2D eigenvalue weighted by Crippen LogP contribution is -2.38. The van der Waals surface area contributed by atoms with Crippen molar-refractivity contribution in [3.8, 4) is 0 Å². The molecule has 0 unspecified atom stereocenters. The third kappa shape index (κ3) is 7.56. The van der Waals surface area contributed by atoms with Crippen molar-refractivity contribution in [3.05, 3.63) is 35.9 Å². The standard InChI is InChI=1S/C19H28N2O4/c1-19(2,3)25-17(22)12-20-15-9-10-16(11-15)21-18(23)24-13-14-7-5-4-6-8-14/h4-8,15-16,20H,9-13H2,1-3H3,(H,21,23)/t15-,16-/m1/s1. The molecule has 2 atom stereocenters. The van der Waals surface area contributed by atoms with Crippen LogP contribution < -0.4 is 10.6 Å². The molecule has 0 aliphatic heterocycles. The number of amides is 1. The number of nitrogens with one attached hydrogen (secondary N) is 2. The lowest BCUT2D eigenvalue weighted by atomic mass is 10.2. The van der Waals surface area contributed by atoms with Gasteiger partial charge in [0.2, 0.25) is 0 Å². The molecule has 2 N–H and O–H groups in total. The SMILES string of the molecule is CC(C)(C)OC(=O)CN[C@@H]1CC[C@@H](NC(=O)OCc2ccccc2)C1. The Kier molecular flexibility index (Phi) is 6.82. The molecule has 1 fully saturated rings. The van der Waals surface area contributed by atoms with Gasteiger partial charge in [-0.2, -0.15) is 0 Å². The second kappa shape index (κ2) is 8.85. The Morgan fingerprint density at radius 1 is 1.12 bits per heavy atom. The van der Waals surface area contributed by atoms with Crippen LogP contribution in [0.25, 0.3) is 0 Å². The monoisotopic (exact) mass is 348 g/mol. The highest BCUT2D eigenvalue weighted by molar-refractivity contribution is 5.72. The van der Waals surface area contributed by atoms with Crippen molar-refractivity contribution in [3.63, 3.8) is 0 Å². The maximum atomic E-state index is 11.9. The van der Waals surface area contributed by atoms with Gasteiger partial charge in [0, 0.05) is 12.1 Å². The molecule has 0 bridgehead atoms. The van der Waals surface area contributed by atoms with Gasteiger partial charge in [0.15, 0.2) is 0 Å². The number of esters is 1. The smallest absolute Gasteiger partial charge is 0.407 e. The number of rotatable bonds is 6. The highest BCUT2D eigenvalue weighted by Crippen LogP contribution is 2.19. The van der Waals surface area contributed by atoms with E-state index in [9.17, 15) is 9.59 Å². The van der Waals surface area contributed by atoms with Gasteiger partial charge in [-0.15, -0.1) is 0 Å². The van der Waals surface area contributed by atoms with E-state index in [1.807, 2.05) is 51.1 Å². The van der Waals surface area contributed by atoms with E-state index in [2.05, 4.69) is 10.6 Å². The van der Waals surface area contributed by atoms with Crippen LogP contribution in [-0.2, 0) is 20.9 Å². The fourth-order valence-corrected chi connectivity index (χ4v) is 2.83. The van der Waals surface area contributed by atoms with Gasteiger partial charge >= 0.3 is 12.1 Å². The predicted molar refractivity (Wildman–Crippen MR) is 95.0 cm³/mol. The van der Waals surface area contributed by atoms with Gasteiger partial charge in [-0.3, -0.25) is 4.79 Å². The van der Waals surface area contributed by atoms with Crippen LogP contribution in [0, 0.1) is 0 Å². The molecule has 1 aliphatic carbocycles. The Hall–Kier alpha value is -2.08. The van der Waals surface area contributed by atoms with Gasteiger partial charge in [0.25, 0.3) is 0 Å². The van der Waals surface area contributed by atoms with Crippen LogP contribution in [0.3, 0.4) is 0 Å². The molecule has 6 heteroatoms. The molecular formula is C19H28N2O4. The Bertz CT molecular complexity index is 569. The van der Waals surface area contributed by atoms with Gasteiger partial charge in [0.1, 0.15) is 12.2 Å². The highest BCUT2D eigenvalue weighted by atomic mass is 16.6. The van der Waals surface area contributed by atoms with Gasteiger partial charge < -0.3 is 20.1 Å². The van der Waals surface area contributed by atoms with Crippen molar-refractivity contribution >= 4 is 12.1 Å². The summed E-state index contributed by atoms with van der Waals surface area (Å²) < 4.78 is 10.5. The molecule has 1 amide bonds. The largest absolute Gasteiger partial charge is 0.459 e. The highest BCUT2D eigenvalue weighted by Gasteiger charge is 2.27. The zero-order valence-corrected chi connectivity index (χ0v) is 15.2. The average molecular weight is 348 g/mol. The minimum absolute atomic E-state index is 0.0689. The van der Waals surface area contributed by atoms with Gasteiger partial charge in [0.05, 0.1) is 6.54 Å². The summed E-state index contributed by atoms with van der Waals surface area (Å²) in [7, 11) is 0. The summed E-state index contributed by atoms with van der Waals surface area (Å²) >= 11 is 0. The van der Waals surface area contributed by atoms with Gasteiger partial charge in [-0.05, 0) is 45.6 Å². The summed E-state index contributed by atoms with van der Waals surface area (Å²) in [5.41, 5.74) is 0.488. The predicted octanol–water partition coefficient (Wildman–Crippen LogP) is 2.77. The van der Waals surface area contributed by atoms with Crippen molar-refractivity contribution in [1.82, 2.24) is 10.6 Å². The Morgan fingerprint density at radius 3 is 2.48 bits per heavy atom. The van der Waals surface area contributed by atoms with E-state index < -0.39 is 11.7 Å². The van der Waals surface area contributed by atoms with Crippen LogP contribution in [-0.4, -0.2) is 36.3 Å². The number of hydrogen-bond acceptors (Lipinski definition) is 5. The lowest BCUT2D eigenvalue weighted by molar-refractivity contribution is -0.153. The molecule has 138 valence electrons. The second-order valence-electron chi connectivity index (χ2n) is 7.38. The van der Waals surface area contributed by atoms with E-state index in [1.54, 1.807) is 0 Å². The maximum Gasteiger partial charge on any atom is 0.407 e. The molecule has 2 rings (SSSR count).